The van der Waals surface area contributed by atoms with E-state index in [1.54, 1.807) is 0 Å². The lowest BCUT2D eigenvalue weighted by atomic mass is 9.94. The van der Waals surface area contributed by atoms with E-state index in [1.165, 1.54) is 12.8 Å². The predicted octanol–water partition coefficient (Wildman–Crippen LogP) is 2.13. The van der Waals surface area contributed by atoms with Crippen LogP contribution in [-0.2, 0) is 9.53 Å². The van der Waals surface area contributed by atoms with Crippen molar-refractivity contribution < 1.29 is 9.53 Å². The summed E-state index contributed by atoms with van der Waals surface area (Å²) in [5.74, 6) is 0.549. The SMILES string of the molecule is CC(C)N(C)C(=O)C1CCN(C[C@H]2CC[C@H](C)O2)CC1. The summed E-state index contributed by atoms with van der Waals surface area (Å²) in [6, 6.07) is 0.300. The standard InChI is InChI=1S/C16H30N2O2/c1-12(2)17(4)16(19)14-7-9-18(10-8-14)11-15-6-5-13(3)20-15/h12-15H,5-11H2,1-4H3/t13-,15+/m0/s1. The fraction of sp³-hybridized carbons (Fsp3) is 0.938. The fourth-order valence-electron chi connectivity index (χ4n) is 3.21. The summed E-state index contributed by atoms with van der Waals surface area (Å²) < 4.78 is 5.89. The van der Waals surface area contributed by atoms with Gasteiger partial charge in [-0.15, -0.1) is 0 Å². The van der Waals surface area contributed by atoms with Crippen LogP contribution in [0.4, 0.5) is 0 Å². The minimum atomic E-state index is 0.224. The maximum Gasteiger partial charge on any atom is 0.225 e. The molecule has 20 heavy (non-hydrogen) atoms. The van der Waals surface area contributed by atoms with Crippen molar-refractivity contribution in [2.75, 3.05) is 26.7 Å². The summed E-state index contributed by atoms with van der Waals surface area (Å²) in [4.78, 5) is 16.7. The molecule has 0 radical (unpaired) electrons. The predicted molar refractivity (Wildman–Crippen MR) is 80.6 cm³/mol. The molecule has 0 N–H and O–H groups in total. The molecule has 2 heterocycles. The molecule has 0 aromatic heterocycles. The zero-order valence-corrected chi connectivity index (χ0v) is 13.5. The van der Waals surface area contributed by atoms with Gasteiger partial charge in [0.15, 0.2) is 0 Å². The average molecular weight is 282 g/mol. The third kappa shape index (κ3) is 3.95. The zero-order valence-electron chi connectivity index (χ0n) is 13.5. The van der Waals surface area contributed by atoms with Gasteiger partial charge in [0.2, 0.25) is 5.91 Å². The molecule has 0 unspecified atom stereocenters. The van der Waals surface area contributed by atoms with E-state index in [-0.39, 0.29) is 5.92 Å². The van der Waals surface area contributed by atoms with Gasteiger partial charge in [0.25, 0.3) is 0 Å². The Morgan fingerprint density at radius 2 is 1.90 bits per heavy atom. The van der Waals surface area contributed by atoms with Crippen molar-refractivity contribution >= 4 is 5.91 Å². The molecule has 0 aromatic rings. The summed E-state index contributed by atoms with van der Waals surface area (Å²) >= 11 is 0. The van der Waals surface area contributed by atoms with Crippen molar-refractivity contribution in [2.45, 2.75) is 64.7 Å². The van der Waals surface area contributed by atoms with Crippen LogP contribution in [0.25, 0.3) is 0 Å². The number of ether oxygens (including phenoxy) is 1. The highest BCUT2D eigenvalue weighted by molar-refractivity contribution is 5.78. The fourth-order valence-corrected chi connectivity index (χ4v) is 3.21. The minimum Gasteiger partial charge on any atom is -0.374 e. The Morgan fingerprint density at radius 3 is 2.40 bits per heavy atom. The number of nitrogens with zero attached hydrogens (tertiary/aromatic N) is 2. The Morgan fingerprint density at radius 1 is 1.25 bits per heavy atom. The molecule has 4 nitrogen and oxygen atoms in total. The van der Waals surface area contributed by atoms with E-state index in [1.807, 2.05) is 11.9 Å². The second-order valence-corrected chi connectivity index (χ2v) is 6.76. The molecular formula is C16H30N2O2. The largest absolute Gasteiger partial charge is 0.374 e. The van der Waals surface area contributed by atoms with Crippen molar-refractivity contribution in [2.24, 2.45) is 5.92 Å². The van der Waals surface area contributed by atoms with E-state index in [4.69, 9.17) is 4.74 Å². The zero-order chi connectivity index (χ0) is 14.7. The van der Waals surface area contributed by atoms with Gasteiger partial charge < -0.3 is 14.5 Å². The van der Waals surface area contributed by atoms with Crippen LogP contribution in [0.3, 0.4) is 0 Å². The summed E-state index contributed by atoms with van der Waals surface area (Å²) in [7, 11) is 1.92. The number of carbonyl (C=O) groups is 1. The van der Waals surface area contributed by atoms with Crippen LogP contribution >= 0.6 is 0 Å². The highest BCUT2D eigenvalue weighted by atomic mass is 16.5. The van der Waals surface area contributed by atoms with E-state index in [9.17, 15) is 4.79 Å². The third-order valence-corrected chi connectivity index (χ3v) is 4.84. The van der Waals surface area contributed by atoms with Gasteiger partial charge in [-0.05, 0) is 59.5 Å². The van der Waals surface area contributed by atoms with Gasteiger partial charge in [0.05, 0.1) is 12.2 Å². The van der Waals surface area contributed by atoms with Crippen LogP contribution in [0.1, 0.15) is 46.5 Å². The van der Waals surface area contributed by atoms with Crippen molar-refractivity contribution in [1.82, 2.24) is 9.80 Å². The number of piperidine rings is 1. The normalized spacial score (nSPS) is 29.1. The minimum absolute atomic E-state index is 0.224. The molecule has 1 amide bonds. The lowest BCUT2D eigenvalue weighted by Gasteiger charge is -2.35. The molecule has 0 aromatic carbocycles. The Bertz CT molecular complexity index is 324. The van der Waals surface area contributed by atoms with E-state index in [2.05, 4.69) is 25.7 Å². The summed E-state index contributed by atoms with van der Waals surface area (Å²) in [5.41, 5.74) is 0. The highest BCUT2D eigenvalue weighted by Crippen LogP contribution is 2.24. The average Bonchev–Trinajstić information content (AvgIpc) is 2.83. The molecule has 2 aliphatic heterocycles. The van der Waals surface area contributed by atoms with E-state index in [0.29, 0.717) is 24.2 Å². The van der Waals surface area contributed by atoms with Crippen LogP contribution in [0.5, 0.6) is 0 Å². The molecule has 0 aliphatic carbocycles. The Kier molecular flexibility index (Phi) is 5.44. The monoisotopic (exact) mass is 282 g/mol. The van der Waals surface area contributed by atoms with Gasteiger partial charge in [-0.2, -0.15) is 0 Å². The van der Waals surface area contributed by atoms with Crippen LogP contribution in [0.15, 0.2) is 0 Å². The van der Waals surface area contributed by atoms with Gasteiger partial charge in [-0.1, -0.05) is 0 Å². The number of hydrogen-bond donors (Lipinski definition) is 0. The smallest absolute Gasteiger partial charge is 0.225 e. The molecular weight excluding hydrogens is 252 g/mol. The van der Waals surface area contributed by atoms with E-state index >= 15 is 0 Å². The second-order valence-electron chi connectivity index (χ2n) is 6.76. The first-order valence-corrected chi connectivity index (χ1v) is 8.12. The topological polar surface area (TPSA) is 32.8 Å². The van der Waals surface area contributed by atoms with Crippen LogP contribution in [0.2, 0.25) is 0 Å². The van der Waals surface area contributed by atoms with Gasteiger partial charge in [0, 0.05) is 25.6 Å². The molecule has 2 fully saturated rings. The maximum atomic E-state index is 12.3. The van der Waals surface area contributed by atoms with Crippen molar-refractivity contribution in [3.05, 3.63) is 0 Å². The van der Waals surface area contributed by atoms with Gasteiger partial charge in [-0.25, -0.2) is 0 Å². The van der Waals surface area contributed by atoms with E-state index in [0.717, 1.165) is 32.5 Å². The van der Waals surface area contributed by atoms with Gasteiger partial charge in [-0.3, -0.25) is 4.79 Å². The van der Waals surface area contributed by atoms with Crippen LogP contribution in [0, 0.1) is 5.92 Å². The number of amides is 1. The lowest BCUT2D eigenvalue weighted by Crippen LogP contribution is -2.45. The second kappa shape index (κ2) is 6.90. The highest BCUT2D eigenvalue weighted by Gasteiger charge is 2.30. The molecule has 2 rings (SSSR count). The first-order valence-electron chi connectivity index (χ1n) is 8.12. The quantitative estimate of drug-likeness (QED) is 0.792. The number of likely N-dealkylation sites (tertiary alicyclic amines) is 1. The summed E-state index contributed by atoms with van der Waals surface area (Å²) in [5, 5.41) is 0. The lowest BCUT2D eigenvalue weighted by molar-refractivity contribution is -0.137. The van der Waals surface area contributed by atoms with Gasteiger partial charge in [0.1, 0.15) is 0 Å². The summed E-state index contributed by atoms with van der Waals surface area (Å²) in [6.07, 6.45) is 5.22. The number of hydrogen-bond acceptors (Lipinski definition) is 3. The number of carbonyl (C=O) groups excluding carboxylic acids is 1. The molecule has 2 atom stereocenters. The first-order chi connectivity index (χ1) is 9.47. The molecule has 2 saturated heterocycles. The molecule has 0 saturated carbocycles. The summed E-state index contributed by atoms with van der Waals surface area (Å²) in [6.45, 7) is 9.43. The van der Waals surface area contributed by atoms with Crippen molar-refractivity contribution in [3.63, 3.8) is 0 Å². The van der Waals surface area contributed by atoms with Crippen LogP contribution < -0.4 is 0 Å². The van der Waals surface area contributed by atoms with Crippen molar-refractivity contribution in [1.29, 1.82) is 0 Å². The molecule has 116 valence electrons. The maximum absolute atomic E-state index is 12.3. The molecule has 0 bridgehead atoms. The van der Waals surface area contributed by atoms with Crippen molar-refractivity contribution in [3.8, 4) is 0 Å². The third-order valence-electron chi connectivity index (χ3n) is 4.84. The Labute approximate surface area is 123 Å². The molecule has 2 aliphatic rings. The Hall–Kier alpha value is -0.610. The number of rotatable bonds is 4. The van der Waals surface area contributed by atoms with Crippen LogP contribution in [-0.4, -0.2) is 60.6 Å². The van der Waals surface area contributed by atoms with Gasteiger partial charge >= 0.3 is 0 Å². The van der Waals surface area contributed by atoms with E-state index < -0.39 is 0 Å². The first kappa shape index (κ1) is 15.8. The Balaban J connectivity index is 1.73. The molecule has 0 spiro atoms. The molecule has 4 heteroatoms.